The van der Waals surface area contributed by atoms with E-state index in [1.165, 1.54) is 7.11 Å². The highest BCUT2D eigenvalue weighted by Gasteiger charge is 2.17. The third-order valence-electron chi connectivity index (χ3n) is 3.23. The average molecular weight is 295 g/mol. The Labute approximate surface area is 126 Å². The Morgan fingerprint density at radius 3 is 2.68 bits per heavy atom. The van der Waals surface area contributed by atoms with Crippen molar-refractivity contribution in [1.29, 1.82) is 0 Å². The molecule has 110 valence electrons. The van der Waals surface area contributed by atoms with Gasteiger partial charge in [0.25, 0.3) is 5.91 Å². The predicted octanol–water partition coefficient (Wildman–Crippen LogP) is 2.37. The Morgan fingerprint density at radius 1 is 1.14 bits per heavy atom. The van der Waals surface area contributed by atoms with Crippen LogP contribution in [0.5, 0.6) is 0 Å². The molecule has 2 heterocycles. The Hall–Kier alpha value is -3.15. The molecule has 0 atom stereocenters. The molecule has 22 heavy (non-hydrogen) atoms. The van der Waals surface area contributed by atoms with Gasteiger partial charge in [-0.3, -0.25) is 4.79 Å². The Morgan fingerprint density at radius 2 is 1.91 bits per heavy atom. The van der Waals surface area contributed by atoms with E-state index in [0.29, 0.717) is 5.69 Å². The zero-order chi connectivity index (χ0) is 15.5. The third-order valence-corrected chi connectivity index (χ3v) is 3.23. The highest BCUT2D eigenvalue weighted by Crippen LogP contribution is 2.15. The number of esters is 1. The minimum absolute atomic E-state index is 0.230. The highest BCUT2D eigenvalue weighted by molar-refractivity contribution is 6.11. The summed E-state index contributed by atoms with van der Waals surface area (Å²) in [7, 11) is 1.28. The third kappa shape index (κ3) is 2.54. The van der Waals surface area contributed by atoms with Gasteiger partial charge in [-0.2, -0.15) is 5.10 Å². The van der Waals surface area contributed by atoms with Crippen LogP contribution in [0.15, 0.2) is 54.9 Å². The molecule has 0 aliphatic heterocycles. The molecule has 0 bridgehead atoms. The lowest BCUT2D eigenvalue weighted by Crippen LogP contribution is -2.17. The summed E-state index contributed by atoms with van der Waals surface area (Å²) in [5.74, 6) is -0.915. The standard InChI is InChI=1S/C16H13N3O3/c1-22-16(21)14-5-3-2-4-13(14)15(20)18-11-7-9-19-12(10-11)6-8-17-19/h2-10H,1H3,(H,18,20). The van der Waals surface area contributed by atoms with Crippen molar-refractivity contribution in [1.82, 2.24) is 9.61 Å². The van der Waals surface area contributed by atoms with Gasteiger partial charge in [0.05, 0.1) is 23.8 Å². The summed E-state index contributed by atoms with van der Waals surface area (Å²) < 4.78 is 6.39. The predicted molar refractivity (Wildman–Crippen MR) is 80.9 cm³/mol. The first-order chi connectivity index (χ1) is 10.7. The summed E-state index contributed by atoms with van der Waals surface area (Å²) in [6.45, 7) is 0. The van der Waals surface area contributed by atoms with Crippen LogP contribution in [0.3, 0.4) is 0 Å². The van der Waals surface area contributed by atoms with E-state index < -0.39 is 5.97 Å². The van der Waals surface area contributed by atoms with Crippen LogP contribution in [-0.4, -0.2) is 28.6 Å². The molecule has 3 rings (SSSR count). The van der Waals surface area contributed by atoms with Crippen LogP contribution in [0.2, 0.25) is 0 Å². The van der Waals surface area contributed by atoms with Gasteiger partial charge in [-0.25, -0.2) is 9.31 Å². The Bertz CT molecular complexity index is 854. The molecule has 1 amide bonds. The zero-order valence-electron chi connectivity index (χ0n) is 11.8. The smallest absolute Gasteiger partial charge is 0.338 e. The highest BCUT2D eigenvalue weighted by atomic mass is 16.5. The fraction of sp³-hybridized carbons (Fsp3) is 0.0625. The molecule has 6 nitrogen and oxygen atoms in total. The number of aromatic nitrogens is 2. The van der Waals surface area contributed by atoms with Crippen molar-refractivity contribution in [3.05, 3.63) is 66.0 Å². The molecule has 0 unspecified atom stereocenters. The summed E-state index contributed by atoms with van der Waals surface area (Å²) >= 11 is 0. The van der Waals surface area contributed by atoms with Gasteiger partial charge in [0.15, 0.2) is 0 Å². The molecular weight excluding hydrogens is 282 g/mol. The number of carbonyl (C=O) groups excluding carboxylic acids is 2. The quantitative estimate of drug-likeness (QED) is 0.753. The lowest BCUT2D eigenvalue weighted by molar-refractivity contribution is 0.0597. The molecule has 0 aliphatic carbocycles. The van der Waals surface area contributed by atoms with E-state index in [1.54, 1.807) is 53.3 Å². The minimum atomic E-state index is -0.544. The van der Waals surface area contributed by atoms with Crippen LogP contribution in [0.1, 0.15) is 20.7 Å². The molecule has 0 saturated carbocycles. The monoisotopic (exact) mass is 295 g/mol. The van der Waals surface area contributed by atoms with Crippen molar-refractivity contribution in [2.75, 3.05) is 12.4 Å². The molecule has 0 spiro atoms. The molecule has 0 saturated heterocycles. The van der Waals surface area contributed by atoms with Gasteiger partial charge < -0.3 is 10.1 Å². The van der Waals surface area contributed by atoms with Crippen molar-refractivity contribution < 1.29 is 14.3 Å². The number of nitrogens with one attached hydrogen (secondary N) is 1. The lowest BCUT2D eigenvalue weighted by atomic mass is 10.1. The zero-order valence-corrected chi connectivity index (χ0v) is 11.8. The topological polar surface area (TPSA) is 72.7 Å². The molecule has 1 aromatic carbocycles. The fourth-order valence-electron chi connectivity index (χ4n) is 2.17. The number of nitrogens with zero attached hydrogens (tertiary/aromatic N) is 2. The Balaban J connectivity index is 1.89. The largest absolute Gasteiger partial charge is 0.465 e. The van der Waals surface area contributed by atoms with Gasteiger partial charge in [0.2, 0.25) is 0 Å². The maximum atomic E-state index is 12.4. The number of fused-ring (bicyclic) bond motifs is 1. The summed E-state index contributed by atoms with van der Waals surface area (Å²) in [6.07, 6.45) is 3.42. The number of methoxy groups -OCH3 is 1. The lowest BCUT2D eigenvalue weighted by Gasteiger charge is -2.09. The van der Waals surface area contributed by atoms with Gasteiger partial charge >= 0.3 is 5.97 Å². The number of hydrogen-bond acceptors (Lipinski definition) is 4. The van der Waals surface area contributed by atoms with Crippen LogP contribution in [0.25, 0.3) is 5.52 Å². The van der Waals surface area contributed by atoms with E-state index in [0.717, 1.165) is 5.52 Å². The first-order valence-corrected chi connectivity index (χ1v) is 6.61. The van der Waals surface area contributed by atoms with E-state index in [2.05, 4.69) is 10.4 Å². The summed E-state index contributed by atoms with van der Waals surface area (Å²) in [6, 6.07) is 11.9. The van der Waals surface area contributed by atoms with Gasteiger partial charge in [0.1, 0.15) is 0 Å². The van der Waals surface area contributed by atoms with Crippen molar-refractivity contribution >= 4 is 23.1 Å². The van der Waals surface area contributed by atoms with Gasteiger partial charge in [-0.1, -0.05) is 12.1 Å². The summed E-state index contributed by atoms with van der Waals surface area (Å²) in [4.78, 5) is 24.1. The number of ether oxygens (including phenoxy) is 1. The van der Waals surface area contributed by atoms with Crippen molar-refractivity contribution in [2.24, 2.45) is 0 Å². The maximum Gasteiger partial charge on any atom is 0.338 e. The van der Waals surface area contributed by atoms with Gasteiger partial charge in [0, 0.05) is 18.1 Å². The van der Waals surface area contributed by atoms with Crippen molar-refractivity contribution in [3.8, 4) is 0 Å². The van der Waals surface area contributed by atoms with Gasteiger partial charge in [-0.15, -0.1) is 0 Å². The number of carbonyl (C=O) groups is 2. The first-order valence-electron chi connectivity index (χ1n) is 6.61. The van der Waals surface area contributed by atoms with E-state index in [1.807, 2.05) is 6.07 Å². The van der Waals surface area contributed by atoms with E-state index in [4.69, 9.17) is 4.74 Å². The molecule has 3 aromatic rings. The van der Waals surface area contributed by atoms with E-state index >= 15 is 0 Å². The molecule has 0 fully saturated rings. The number of rotatable bonds is 3. The number of pyridine rings is 1. The Kier molecular flexibility index (Phi) is 3.57. The van der Waals surface area contributed by atoms with Crippen LogP contribution in [0.4, 0.5) is 5.69 Å². The number of hydrogen-bond donors (Lipinski definition) is 1. The van der Waals surface area contributed by atoms with Crippen LogP contribution >= 0.6 is 0 Å². The molecule has 0 radical (unpaired) electrons. The fourth-order valence-corrected chi connectivity index (χ4v) is 2.17. The SMILES string of the molecule is COC(=O)c1ccccc1C(=O)Nc1ccn2nccc2c1. The normalized spacial score (nSPS) is 10.4. The molecular formula is C16H13N3O3. The number of amides is 1. The summed E-state index contributed by atoms with van der Waals surface area (Å²) in [5, 5.41) is 6.86. The van der Waals surface area contributed by atoms with Crippen molar-refractivity contribution in [2.45, 2.75) is 0 Å². The van der Waals surface area contributed by atoms with Crippen LogP contribution < -0.4 is 5.32 Å². The average Bonchev–Trinajstić information content (AvgIpc) is 3.01. The summed E-state index contributed by atoms with van der Waals surface area (Å²) in [5.41, 5.74) is 1.98. The van der Waals surface area contributed by atoms with Crippen molar-refractivity contribution in [3.63, 3.8) is 0 Å². The minimum Gasteiger partial charge on any atom is -0.465 e. The second kappa shape index (κ2) is 5.69. The maximum absolute atomic E-state index is 12.4. The molecule has 0 aliphatic rings. The van der Waals surface area contributed by atoms with E-state index in [9.17, 15) is 9.59 Å². The second-order valence-electron chi connectivity index (χ2n) is 4.61. The first kappa shape index (κ1) is 13.8. The molecule has 2 aromatic heterocycles. The second-order valence-corrected chi connectivity index (χ2v) is 4.61. The van der Waals surface area contributed by atoms with Crippen LogP contribution in [0, 0.1) is 0 Å². The van der Waals surface area contributed by atoms with Crippen LogP contribution in [-0.2, 0) is 4.74 Å². The van der Waals surface area contributed by atoms with Gasteiger partial charge in [-0.05, 0) is 30.3 Å². The van der Waals surface area contributed by atoms with E-state index in [-0.39, 0.29) is 17.0 Å². The number of anilines is 1. The molecule has 1 N–H and O–H groups in total. The number of benzene rings is 1. The molecule has 6 heteroatoms.